The molecule has 2 N–H and O–H groups in total. The Morgan fingerprint density at radius 3 is 2.71 bits per heavy atom. The second-order valence-corrected chi connectivity index (χ2v) is 4.75. The Morgan fingerprint density at radius 1 is 1.38 bits per heavy atom. The van der Waals surface area contributed by atoms with Gasteiger partial charge in [0.05, 0.1) is 13.2 Å². The van der Waals surface area contributed by atoms with Gasteiger partial charge in [-0.3, -0.25) is 9.59 Å². The fourth-order valence-corrected chi connectivity index (χ4v) is 1.71. The molecule has 10 heteroatoms. The summed E-state index contributed by atoms with van der Waals surface area (Å²) < 4.78 is 14.5. The molecule has 0 bridgehead atoms. The number of nitrogens with one attached hydrogen (secondary N) is 2. The second kappa shape index (κ2) is 10.2. The van der Waals surface area contributed by atoms with Crippen LogP contribution in [0.2, 0.25) is 0 Å². The fourth-order valence-electron chi connectivity index (χ4n) is 1.71. The summed E-state index contributed by atoms with van der Waals surface area (Å²) in [5.74, 6) is -0.199. The number of carbonyl (C=O) groups excluding carboxylic acids is 3. The molecule has 134 valence electrons. The van der Waals surface area contributed by atoms with Crippen molar-refractivity contribution in [1.29, 1.82) is 0 Å². The lowest BCUT2D eigenvalue weighted by atomic mass is 10.4. The van der Waals surface area contributed by atoms with Crippen molar-refractivity contribution >= 4 is 23.7 Å². The lowest BCUT2D eigenvalue weighted by Gasteiger charge is -2.21. The molecule has 0 aliphatic carbocycles. The summed E-state index contributed by atoms with van der Waals surface area (Å²) in [5, 5.41) is 8.54. The van der Waals surface area contributed by atoms with E-state index < -0.39 is 17.9 Å². The summed E-state index contributed by atoms with van der Waals surface area (Å²) in [6.07, 6.45) is 0. The summed E-state index contributed by atoms with van der Waals surface area (Å²) in [5.41, 5.74) is 0. The maximum absolute atomic E-state index is 12.1. The Morgan fingerprint density at radius 2 is 2.12 bits per heavy atom. The normalized spacial score (nSPS) is 10.1. The van der Waals surface area contributed by atoms with E-state index in [1.165, 1.54) is 12.0 Å². The van der Waals surface area contributed by atoms with E-state index in [0.717, 1.165) is 0 Å². The highest BCUT2D eigenvalue weighted by Crippen LogP contribution is 2.06. The third-order valence-corrected chi connectivity index (χ3v) is 2.77. The molecule has 0 aliphatic heterocycles. The van der Waals surface area contributed by atoms with Crippen molar-refractivity contribution < 1.29 is 28.4 Å². The molecule has 0 fully saturated rings. The van der Waals surface area contributed by atoms with Crippen LogP contribution in [0, 0.1) is 6.92 Å². The SMILES string of the molecule is CCOC(=O)CNC(=O)N(CCOC)CC(=O)Nc1cc(C)on1. The molecule has 0 unspecified atom stereocenters. The minimum Gasteiger partial charge on any atom is -0.465 e. The molecule has 0 atom stereocenters. The van der Waals surface area contributed by atoms with Gasteiger partial charge in [0.15, 0.2) is 5.82 Å². The van der Waals surface area contributed by atoms with E-state index in [-0.39, 0.29) is 38.7 Å². The molecule has 0 saturated carbocycles. The van der Waals surface area contributed by atoms with Crippen LogP contribution >= 0.6 is 0 Å². The van der Waals surface area contributed by atoms with Crippen LogP contribution in [0.1, 0.15) is 12.7 Å². The molecule has 1 heterocycles. The van der Waals surface area contributed by atoms with Crippen LogP contribution in [0.25, 0.3) is 0 Å². The van der Waals surface area contributed by atoms with Crippen molar-refractivity contribution in [2.45, 2.75) is 13.8 Å². The first kappa shape index (κ1) is 19.4. The number of carbonyl (C=O) groups is 3. The van der Waals surface area contributed by atoms with Crippen LogP contribution in [0.4, 0.5) is 10.6 Å². The Bertz CT molecular complexity index is 559. The van der Waals surface area contributed by atoms with E-state index in [0.29, 0.717) is 5.76 Å². The zero-order valence-corrected chi connectivity index (χ0v) is 14.0. The van der Waals surface area contributed by atoms with Crippen LogP contribution in [0.3, 0.4) is 0 Å². The summed E-state index contributed by atoms with van der Waals surface area (Å²) >= 11 is 0. The molecule has 1 aromatic heterocycles. The molecular weight excluding hydrogens is 320 g/mol. The third-order valence-electron chi connectivity index (χ3n) is 2.77. The van der Waals surface area contributed by atoms with E-state index in [4.69, 9.17) is 14.0 Å². The number of aromatic nitrogens is 1. The lowest BCUT2D eigenvalue weighted by Crippen LogP contribution is -2.46. The van der Waals surface area contributed by atoms with Gasteiger partial charge in [-0.25, -0.2) is 4.79 Å². The Labute approximate surface area is 139 Å². The number of anilines is 1. The maximum atomic E-state index is 12.1. The molecule has 10 nitrogen and oxygen atoms in total. The third kappa shape index (κ3) is 7.09. The minimum absolute atomic E-state index is 0.177. The van der Waals surface area contributed by atoms with E-state index in [2.05, 4.69) is 15.8 Å². The molecule has 0 radical (unpaired) electrons. The van der Waals surface area contributed by atoms with Gasteiger partial charge in [-0.1, -0.05) is 5.16 Å². The van der Waals surface area contributed by atoms with Crippen molar-refractivity contribution in [3.8, 4) is 0 Å². The molecule has 3 amide bonds. The maximum Gasteiger partial charge on any atom is 0.325 e. The fraction of sp³-hybridized carbons (Fsp3) is 0.571. The standard InChI is InChI=1S/C14H22N4O6/c1-4-23-13(20)8-15-14(21)18(5-6-22-3)9-12(19)16-11-7-10(2)24-17-11/h7H,4-6,8-9H2,1-3H3,(H,15,21)(H,16,17,19). The Balaban J connectivity index is 2.54. The number of rotatable bonds is 9. The number of hydrogen-bond acceptors (Lipinski definition) is 7. The van der Waals surface area contributed by atoms with Gasteiger partial charge >= 0.3 is 12.0 Å². The number of amides is 3. The van der Waals surface area contributed by atoms with Crippen molar-refractivity contribution in [3.63, 3.8) is 0 Å². The highest BCUT2D eigenvalue weighted by atomic mass is 16.5. The number of hydrogen-bond donors (Lipinski definition) is 2. The summed E-state index contributed by atoms with van der Waals surface area (Å²) in [7, 11) is 1.48. The predicted molar refractivity (Wildman–Crippen MR) is 83.4 cm³/mol. The lowest BCUT2D eigenvalue weighted by molar-refractivity contribution is -0.141. The molecule has 24 heavy (non-hydrogen) atoms. The van der Waals surface area contributed by atoms with Crippen LogP contribution in [0.15, 0.2) is 10.6 Å². The number of methoxy groups -OCH3 is 1. The van der Waals surface area contributed by atoms with Gasteiger partial charge in [-0.15, -0.1) is 0 Å². The highest BCUT2D eigenvalue weighted by Gasteiger charge is 2.18. The average Bonchev–Trinajstić information content (AvgIpc) is 2.94. The molecule has 1 aromatic rings. The van der Waals surface area contributed by atoms with Gasteiger partial charge in [-0.2, -0.15) is 0 Å². The Kier molecular flexibility index (Phi) is 8.26. The molecule has 0 aliphatic rings. The average molecular weight is 342 g/mol. The molecule has 0 aromatic carbocycles. The van der Waals surface area contributed by atoms with Gasteiger partial charge in [0.25, 0.3) is 0 Å². The first-order valence-electron chi connectivity index (χ1n) is 7.36. The van der Waals surface area contributed by atoms with E-state index >= 15 is 0 Å². The molecule has 0 spiro atoms. The number of esters is 1. The number of urea groups is 1. The Hall–Kier alpha value is -2.62. The summed E-state index contributed by atoms with van der Waals surface area (Å²) in [6, 6.07) is 0.977. The van der Waals surface area contributed by atoms with E-state index in [9.17, 15) is 14.4 Å². The molecular formula is C14H22N4O6. The minimum atomic E-state index is -0.577. The number of nitrogens with zero attached hydrogens (tertiary/aromatic N) is 2. The zero-order chi connectivity index (χ0) is 17.9. The van der Waals surface area contributed by atoms with Crippen LogP contribution < -0.4 is 10.6 Å². The van der Waals surface area contributed by atoms with Gasteiger partial charge in [0.2, 0.25) is 5.91 Å². The first-order chi connectivity index (χ1) is 11.5. The summed E-state index contributed by atoms with van der Waals surface area (Å²) in [4.78, 5) is 36.6. The molecule has 1 rings (SSSR count). The largest absolute Gasteiger partial charge is 0.465 e. The predicted octanol–water partition coefficient (Wildman–Crippen LogP) is 0.143. The summed E-state index contributed by atoms with van der Waals surface area (Å²) in [6.45, 7) is 3.49. The van der Waals surface area contributed by atoms with Crippen LogP contribution in [-0.2, 0) is 19.1 Å². The van der Waals surface area contributed by atoms with Gasteiger partial charge < -0.3 is 29.5 Å². The number of ether oxygens (including phenoxy) is 2. The first-order valence-corrected chi connectivity index (χ1v) is 7.36. The van der Waals surface area contributed by atoms with E-state index in [1.807, 2.05) is 0 Å². The monoisotopic (exact) mass is 342 g/mol. The van der Waals surface area contributed by atoms with Gasteiger partial charge in [0, 0.05) is 19.7 Å². The number of aryl methyl sites for hydroxylation is 1. The van der Waals surface area contributed by atoms with Crippen LogP contribution in [-0.4, -0.2) is 67.9 Å². The zero-order valence-electron chi connectivity index (χ0n) is 14.0. The topological polar surface area (TPSA) is 123 Å². The molecule has 0 saturated heterocycles. The highest BCUT2D eigenvalue weighted by molar-refractivity contribution is 5.93. The van der Waals surface area contributed by atoms with E-state index in [1.54, 1.807) is 19.9 Å². The van der Waals surface area contributed by atoms with Crippen molar-refractivity contribution in [3.05, 3.63) is 11.8 Å². The van der Waals surface area contributed by atoms with Gasteiger partial charge in [-0.05, 0) is 13.8 Å². The smallest absolute Gasteiger partial charge is 0.325 e. The van der Waals surface area contributed by atoms with Crippen LogP contribution in [0.5, 0.6) is 0 Å². The van der Waals surface area contributed by atoms with Crippen molar-refractivity contribution in [2.75, 3.05) is 45.3 Å². The van der Waals surface area contributed by atoms with Crippen molar-refractivity contribution in [2.24, 2.45) is 0 Å². The quantitative estimate of drug-likeness (QED) is 0.612. The second-order valence-electron chi connectivity index (χ2n) is 4.75. The van der Waals surface area contributed by atoms with Gasteiger partial charge in [0.1, 0.15) is 18.8 Å². The van der Waals surface area contributed by atoms with Crippen molar-refractivity contribution in [1.82, 2.24) is 15.4 Å².